The molecule has 0 N–H and O–H groups in total. The molecule has 0 aliphatic rings. The van der Waals surface area contributed by atoms with Crippen LogP contribution in [-0.4, -0.2) is 6.61 Å². The maximum Gasteiger partial charge on any atom is 0.126 e. The summed E-state index contributed by atoms with van der Waals surface area (Å²) in [7, 11) is 0. The summed E-state index contributed by atoms with van der Waals surface area (Å²) in [5.74, 6) is 0.854. The van der Waals surface area contributed by atoms with Gasteiger partial charge in [-0.1, -0.05) is 43.5 Å². The van der Waals surface area contributed by atoms with E-state index in [0.29, 0.717) is 6.61 Å². The predicted molar refractivity (Wildman–Crippen MR) is 52.2 cm³/mol. The van der Waals surface area contributed by atoms with E-state index in [2.05, 4.69) is 13.2 Å². The second kappa shape index (κ2) is 4.39. The minimum absolute atomic E-state index is 0.533. The highest BCUT2D eigenvalue weighted by Gasteiger charge is 1.95. The number of hydrogen-bond donors (Lipinski definition) is 0. The average molecular weight is 160 g/mol. The van der Waals surface area contributed by atoms with E-state index in [4.69, 9.17) is 4.74 Å². The molecule has 1 rings (SSSR count). The molecule has 0 aromatic heterocycles. The zero-order valence-corrected chi connectivity index (χ0v) is 6.99. The average Bonchev–Trinajstić information content (AvgIpc) is 2.15. The molecular formula is C11H12O. The van der Waals surface area contributed by atoms with Gasteiger partial charge in [0.2, 0.25) is 0 Å². The first-order valence-corrected chi connectivity index (χ1v) is 3.83. The molecule has 1 heteroatoms. The monoisotopic (exact) mass is 160 g/mol. The number of ether oxygens (including phenoxy) is 1. The van der Waals surface area contributed by atoms with Crippen molar-refractivity contribution in [2.24, 2.45) is 0 Å². The first-order chi connectivity index (χ1) is 5.88. The minimum atomic E-state index is 0.533. The van der Waals surface area contributed by atoms with Crippen LogP contribution in [0.25, 0.3) is 6.08 Å². The van der Waals surface area contributed by atoms with E-state index in [0.717, 1.165) is 11.3 Å². The fourth-order valence-corrected chi connectivity index (χ4v) is 0.929. The van der Waals surface area contributed by atoms with Crippen molar-refractivity contribution in [3.63, 3.8) is 0 Å². The lowest BCUT2D eigenvalue weighted by Gasteiger charge is -2.05. The summed E-state index contributed by atoms with van der Waals surface area (Å²) in [5, 5.41) is 0. The van der Waals surface area contributed by atoms with Crippen molar-refractivity contribution in [2.45, 2.75) is 0 Å². The van der Waals surface area contributed by atoms with Crippen molar-refractivity contribution in [1.29, 1.82) is 0 Å². The topological polar surface area (TPSA) is 9.23 Å². The van der Waals surface area contributed by atoms with Crippen LogP contribution in [0.2, 0.25) is 0 Å². The van der Waals surface area contributed by atoms with E-state index in [9.17, 15) is 0 Å². The normalized spacial score (nSPS) is 9.00. The summed E-state index contributed by atoms with van der Waals surface area (Å²) in [6, 6.07) is 7.77. The molecule has 0 spiro atoms. The number of hydrogen-bond acceptors (Lipinski definition) is 1. The Labute approximate surface area is 73.0 Å². The van der Waals surface area contributed by atoms with Gasteiger partial charge in [0.25, 0.3) is 0 Å². The maximum atomic E-state index is 5.39. The van der Waals surface area contributed by atoms with Crippen LogP contribution in [0.1, 0.15) is 5.56 Å². The van der Waals surface area contributed by atoms with Crippen LogP contribution >= 0.6 is 0 Å². The van der Waals surface area contributed by atoms with Crippen LogP contribution in [0.5, 0.6) is 5.75 Å². The standard InChI is InChI=1S/C11H12O/c1-3-9-12-11-8-6-5-7-10(11)4-2/h3-8H,1-2,9H2. The quantitative estimate of drug-likeness (QED) is 0.615. The van der Waals surface area contributed by atoms with Crippen LogP contribution in [0.4, 0.5) is 0 Å². The second-order valence-corrected chi connectivity index (χ2v) is 2.34. The zero-order valence-electron chi connectivity index (χ0n) is 6.99. The van der Waals surface area contributed by atoms with E-state index in [1.165, 1.54) is 0 Å². The Kier molecular flexibility index (Phi) is 3.15. The largest absolute Gasteiger partial charge is 0.489 e. The van der Waals surface area contributed by atoms with Gasteiger partial charge in [0.1, 0.15) is 12.4 Å². The van der Waals surface area contributed by atoms with Crippen LogP contribution in [0.3, 0.4) is 0 Å². The van der Waals surface area contributed by atoms with Crippen LogP contribution in [-0.2, 0) is 0 Å². The molecule has 0 unspecified atom stereocenters. The van der Waals surface area contributed by atoms with E-state index in [-0.39, 0.29) is 0 Å². The van der Waals surface area contributed by atoms with Crippen molar-refractivity contribution in [2.75, 3.05) is 6.61 Å². The Morgan fingerprint density at radius 1 is 1.25 bits per heavy atom. The molecule has 0 fully saturated rings. The van der Waals surface area contributed by atoms with Crippen LogP contribution in [0.15, 0.2) is 43.5 Å². The lowest BCUT2D eigenvalue weighted by atomic mass is 10.2. The highest BCUT2D eigenvalue weighted by molar-refractivity contribution is 5.55. The Hall–Kier alpha value is -1.50. The lowest BCUT2D eigenvalue weighted by molar-refractivity contribution is 0.362. The lowest BCUT2D eigenvalue weighted by Crippen LogP contribution is -1.94. The van der Waals surface area contributed by atoms with E-state index in [1.807, 2.05) is 24.3 Å². The highest BCUT2D eigenvalue weighted by Crippen LogP contribution is 2.18. The molecule has 1 nitrogen and oxygen atoms in total. The van der Waals surface area contributed by atoms with E-state index >= 15 is 0 Å². The molecule has 0 bridgehead atoms. The maximum absolute atomic E-state index is 5.39. The summed E-state index contributed by atoms with van der Waals surface area (Å²) in [6.07, 6.45) is 3.50. The summed E-state index contributed by atoms with van der Waals surface area (Å²) in [6.45, 7) is 7.81. The number of benzene rings is 1. The molecule has 1 aromatic rings. The Morgan fingerprint density at radius 2 is 2.00 bits per heavy atom. The Morgan fingerprint density at radius 3 is 2.67 bits per heavy atom. The van der Waals surface area contributed by atoms with Crippen molar-refractivity contribution < 1.29 is 4.74 Å². The van der Waals surface area contributed by atoms with Gasteiger partial charge in [-0.2, -0.15) is 0 Å². The molecule has 62 valence electrons. The fraction of sp³-hybridized carbons (Fsp3) is 0.0909. The summed E-state index contributed by atoms with van der Waals surface area (Å²) < 4.78 is 5.39. The third-order valence-corrected chi connectivity index (χ3v) is 1.50. The van der Waals surface area contributed by atoms with Gasteiger partial charge in [-0.05, 0) is 6.07 Å². The molecule has 0 saturated heterocycles. The predicted octanol–water partition coefficient (Wildman–Crippen LogP) is 2.89. The molecule has 0 amide bonds. The minimum Gasteiger partial charge on any atom is -0.489 e. The van der Waals surface area contributed by atoms with Crippen LogP contribution < -0.4 is 4.74 Å². The second-order valence-electron chi connectivity index (χ2n) is 2.34. The van der Waals surface area contributed by atoms with Gasteiger partial charge >= 0.3 is 0 Å². The zero-order chi connectivity index (χ0) is 8.81. The van der Waals surface area contributed by atoms with Crippen molar-refractivity contribution in [1.82, 2.24) is 0 Å². The first kappa shape index (κ1) is 8.60. The van der Waals surface area contributed by atoms with Crippen molar-refractivity contribution >= 4 is 6.08 Å². The van der Waals surface area contributed by atoms with Gasteiger partial charge in [0, 0.05) is 5.56 Å². The molecule has 0 heterocycles. The molecule has 1 aromatic carbocycles. The first-order valence-electron chi connectivity index (χ1n) is 3.83. The van der Waals surface area contributed by atoms with Gasteiger partial charge in [0.05, 0.1) is 0 Å². The van der Waals surface area contributed by atoms with E-state index in [1.54, 1.807) is 12.2 Å². The summed E-state index contributed by atoms with van der Waals surface area (Å²) >= 11 is 0. The molecule has 0 aliphatic heterocycles. The molecule has 0 radical (unpaired) electrons. The smallest absolute Gasteiger partial charge is 0.126 e. The van der Waals surface area contributed by atoms with Gasteiger partial charge in [-0.25, -0.2) is 0 Å². The van der Waals surface area contributed by atoms with E-state index < -0.39 is 0 Å². The molecule has 0 atom stereocenters. The van der Waals surface area contributed by atoms with Crippen molar-refractivity contribution in [3.05, 3.63) is 49.1 Å². The van der Waals surface area contributed by atoms with Gasteiger partial charge in [0.15, 0.2) is 0 Å². The third kappa shape index (κ3) is 1.99. The molecular weight excluding hydrogens is 148 g/mol. The number of para-hydroxylation sites is 1. The van der Waals surface area contributed by atoms with Gasteiger partial charge < -0.3 is 4.74 Å². The fourth-order valence-electron chi connectivity index (χ4n) is 0.929. The van der Waals surface area contributed by atoms with Gasteiger partial charge in [-0.15, -0.1) is 0 Å². The Balaban J connectivity index is 2.81. The van der Waals surface area contributed by atoms with Gasteiger partial charge in [-0.3, -0.25) is 0 Å². The molecule has 0 aliphatic carbocycles. The number of rotatable bonds is 4. The third-order valence-electron chi connectivity index (χ3n) is 1.50. The molecule has 0 saturated carbocycles. The highest BCUT2D eigenvalue weighted by atomic mass is 16.5. The SMILES string of the molecule is C=CCOc1ccccc1C=C. The molecule has 12 heavy (non-hydrogen) atoms. The van der Waals surface area contributed by atoms with Crippen molar-refractivity contribution in [3.8, 4) is 5.75 Å². The Bertz CT molecular complexity index is 276. The summed E-state index contributed by atoms with van der Waals surface area (Å²) in [5.41, 5.74) is 1.01. The van der Waals surface area contributed by atoms with Crippen LogP contribution in [0, 0.1) is 0 Å². The summed E-state index contributed by atoms with van der Waals surface area (Å²) in [4.78, 5) is 0.